The molecule has 4 heterocycles. The first-order valence-corrected chi connectivity index (χ1v) is 11.6. The zero-order chi connectivity index (χ0) is 23.7. The minimum atomic E-state index is -0.385. The Morgan fingerprint density at radius 2 is 2.03 bits per heavy atom. The molecule has 5 rings (SSSR count). The highest BCUT2D eigenvalue weighted by atomic mass is 16.5. The molecule has 0 bridgehead atoms. The standard InChI is InChI=1S/C26H27N5O3/c1-17-7-5-12-31-23(17)29-24-21(26(31)33)15-20(25(32)28-16-19-10-6-14-34-19)22(27)30(24)13-11-18-8-3-2-4-9-18/h2-5,7-9,12,15,19,27H,6,10-11,13-14,16H2,1H3,(H,28,32)/t19-/m0/s1. The number of pyridine rings is 2. The molecule has 1 fully saturated rings. The van der Waals surface area contributed by atoms with Crippen LogP contribution in [0.3, 0.4) is 0 Å². The van der Waals surface area contributed by atoms with Crippen LogP contribution in [0, 0.1) is 12.3 Å². The molecule has 0 aliphatic carbocycles. The predicted molar refractivity (Wildman–Crippen MR) is 129 cm³/mol. The molecule has 0 radical (unpaired) electrons. The lowest BCUT2D eigenvalue weighted by Gasteiger charge is -2.16. The summed E-state index contributed by atoms with van der Waals surface area (Å²) in [6.45, 7) is 3.40. The predicted octanol–water partition coefficient (Wildman–Crippen LogP) is 2.59. The average Bonchev–Trinajstić information content (AvgIpc) is 3.37. The Morgan fingerprint density at radius 3 is 2.79 bits per heavy atom. The first-order chi connectivity index (χ1) is 16.5. The van der Waals surface area contributed by atoms with Crippen molar-refractivity contribution in [3.63, 3.8) is 0 Å². The number of hydrogen-bond donors (Lipinski definition) is 2. The van der Waals surface area contributed by atoms with Crippen LogP contribution in [0.25, 0.3) is 16.7 Å². The molecule has 1 saturated heterocycles. The molecule has 0 saturated carbocycles. The quantitative estimate of drug-likeness (QED) is 0.435. The van der Waals surface area contributed by atoms with Crippen molar-refractivity contribution in [1.82, 2.24) is 19.3 Å². The fourth-order valence-electron chi connectivity index (χ4n) is 4.48. The van der Waals surface area contributed by atoms with Crippen molar-refractivity contribution in [2.45, 2.75) is 38.8 Å². The molecule has 174 valence electrons. The van der Waals surface area contributed by atoms with Crippen molar-refractivity contribution in [3.8, 4) is 0 Å². The monoisotopic (exact) mass is 457 g/mol. The van der Waals surface area contributed by atoms with E-state index in [-0.39, 0.29) is 28.6 Å². The number of amides is 1. The Kier molecular flexibility index (Phi) is 5.98. The van der Waals surface area contributed by atoms with E-state index in [2.05, 4.69) is 5.32 Å². The molecule has 8 heteroatoms. The van der Waals surface area contributed by atoms with Gasteiger partial charge in [-0.2, -0.15) is 0 Å². The van der Waals surface area contributed by atoms with E-state index in [1.54, 1.807) is 16.8 Å². The minimum Gasteiger partial charge on any atom is -0.376 e. The molecule has 1 aromatic carbocycles. The van der Waals surface area contributed by atoms with Crippen LogP contribution in [0.2, 0.25) is 0 Å². The maximum Gasteiger partial charge on any atom is 0.267 e. The summed E-state index contributed by atoms with van der Waals surface area (Å²) in [6.07, 6.45) is 4.19. The lowest BCUT2D eigenvalue weighted by molar-refractivity contribution is 0.0856. The van der Waals surface area contributed by atoms with E-state index in [0.717, 1.165) is 24.0 Å². The van der Waals surface area contributed by atoms with Gasteiger partial charge in [-0.05, 0) is 49.4 Å². The zero-order valence-electron chi connectivity index (χ0n) is 19.1. The van der Waals surface area contributed by atoms with E-state index < -0.39 is 0 Å². The molecule has 34 heavy (non-hydrogen) atoms. The van der Waals surface area contributed by atoms with E-state index in [9.17, 15) is 9.59 Å². The van der Waals surface area contributed by atoms with Gasteiger partial charge < -0.3 is 14.6 Å². The van der Waals surface area contributed by atoms with Crippen molar-refractivity contribution in [2.75, 3.05) is 13.2 Å². The molecular weight excluding hydrogens is 430 g/mol. The number of carbonyl (C=O) groups excluding carboxylic acids is 1. The number of aromatic nitrogens is 3. The molecule has 1 atom stereocenters. The zero-order valence-corrected chi connectivity index (χ0v) is 19.1. The number of fused-ring (bicyclic) bond motifs is 2. The van der Waals surface area contributed by atoms with E-state index in [0.29, 0.717) is 42.8 Å². The van der Waals surface area contributed by atoms with E-state index in [1.165, 1.54) is 10.5 Å². The number of carbonyl (C=O) groups is 1. The second-order valence-corrected chi connectivity index (χ2v) is 8.68. The Labute approximate surface area is 196 Å². The third kappa shape index (κ3) is 4.12. The van der Waals surface area contributed by atoms with Crippen molar-refractivity contribution in [3.05, 3.63) is 87.3 Å². The summed E-state index contributed by atoms with van der Waals surface area (Å²) >= 11 is 0. The number of nitrogens with one attached hydrogen (secondary N) is 2. The van der Waals surface area contributed by atoms with Crippen molar-refractivity contribution in [1.29, 1.82) is 5.41 Å². The van der Waals surface area contributed by atoms with Crippen LogP contribution in [0.1, 0.15) is 34.3 Å². The second-order valence-electron chi connectivity index (χ2n) is 8.68. The van der Waals surface area contributed by atoms with Gasteiger partial charge in [0, 0.05) is 25.9 Å². The maximum atomic E-state index is 13.4. The highest BCUT2D eigenvalue weighted by molar-refractivity contribution is 5.96. The molecule has 4 aromatic rings. The van der Waals surface area contributed by atoms with Crippen molar-refractivity contribution < 1.29 is 9.53 Å². The number of ether oxygens (including phenoxy) is 1. The topological polar surface area (TPSA) is 101 Å². The summed E-state index contributed by atoms with van der Waals surface area (Å²) in [5, 5.41) is 12.1. The highest BCUT2D eigenvalue weighted by Gasteiger charge is 2.20. The molecule has 0 unspecified atom stereocenters. The Morgan fingerprint density at radius 1 is 1.21 bits per heavy atom. The van der Waals surface area contributed by atoms with Crippen LogP contribution < -0.4 is 16.4 Å². The summed E-state index contributed by atoms with van der Waals surface area (Å²) in [7, 11) is 0. The molecule has 8 nitrogen and oxygen atoms in total. The third-order valence-electron chi connectivity index (χ3n) is 6.36. The molecule has 0 spiro atoms. The first kappa shape index (κ1) is 22.0. The van der Waals surface area contributed by atoms with E-state index in [1.807, 2.05) is 43.3 Å². The Bertz CT molecular complexity index is 1480. The van der Waals surface area contributed by atoms with Crippen LogP contribution >= 0.6 is 0 Å². The van der Waals surface area contributed by atoms with E-state index in [4.69, 9.17) is 15.1 Å². The van der Waals surface area contributed by atoms with Crippen LogP contribution in [0.4, 0.5) is 0 Å². The van der Waals surface area contributed by atoms with Crippen LogP contribution in [0.15, 0.2) is 59.5 Å². The largest absolute Gasteiger partial charge is 0.376 e. The van der Waals surface area contributed by atoms with Crippen molar-refractivity contribution >= 4 is 22.6 Å². The molecule has 1 aliphatic heterocycles. The minimum absolute atomic E-state index is 0.0111. The Hall–Kier alpha value is -3.78. The fraction of sp³-hybridized carbons (Fsp3) is 0.308. The van der Waals surface area contributed by atoms with Gasteiger partial charge >= 0.3 is 0 Å². The molecule has 3 aromatic heterocycles. The summed E-state index contributed by atoms with van der Waals surface area (Å²) in [5.41, 5.74) is 2.86. The number of benzene rings is 1. The van der Waals surface area contributed by atoms with Crippen molar-refractivity contribution in [2.24, 2.45) is 0 Å². The van der Waals surface area contributed by atoms with Gasteiger partial charge in [-0.1, -0.05) is 36.4 Å². The highest BCUT2D eigenvalue weighted by Crippen LogP contribution is 2.14. The van der Waals surface area contributed by atoms with Gasteiger partial charge in [-0.25, -0.2) is 4.98 Å². The average molecular weight is 458 g/mol. The fourth-order valence-corrected chi connectivity index (χ4v) is 4.48. The number of hydrogen-bond acceptors (Lipinski definition) is 5. The van der Waals surface area contributed by atoms with Gasteiger partial charge in [0.05, 0.1) is 17.1 Å². The van der Waals surface area contributed by atoms with Crippen LogP contribution in [0.5, 0.6) is 0 Å². The van der Waals surface area contributed by atoms with Crippen LogP contribution in [-0.2, 0) is 17.7 Å². The van der Waals surface area contributed by atoms with Crippen LogP contribution in [-0.4, -0.2) is 39.1 Å². The summed E-state index contributed by atoms with van der Waals surface area (Å²) in [4.78, 5) is 31.3. The summed E-state index contributed by atoms with van der Waals surface area (Å²) < 4.78 is 8.77. The number of nitrogens with zero attached hydrogens (tertiary/aromatic N) is 3. The van der Waals surface area contributed by atoms with Gasteiger partial charge in [0.1, 0.15) is 16.8 Å². The molecular formula is C26H27N5O3. The summed E-state index contributed by atoms with van der Waals surface area (Å²) in [6, 6.07) is 15.1. The van der Waals surface area contributed by atoms with Gasteiger partial charge in [0.15, 0.2) is 0 Å². The molecule has 2 N–H and O–H groups in total. The van der Waals surface area contributed by atoms with E-state index >= 15 is 0 Å². The van der Waals surface area contributed by atoms with Gasteiger partial charge in [0.25, 0.3) is 11.5 Å². The molecule has 1 amide bonds. The molecule has 1 aliphatic rings. The van der Waals surface area contributed by atoms with Gasteiger partial charge in [-0.15, -0.1) is 0 Å². The van der Waals surface area contributed by atoms with Gasteiger partial charge in [0.2, 0.25) is 0 Å². The maximum absolute atomic E-state index is 13.4. The second kappa shape index (κ2) is 9.23. The normalized spacial score (nSPS) is 15.7. The number of aryl methyl sites for hydroxylation is 3. The smallest absolute Gasteiger partial charge is 0.267 e. The summed E-state index contributed by atoms with van der Waals surface area (Å²) in [5.74, 6) is -0.385. The Balaban J connectivity index is 1.63. The first-order valence-electron chi connectivity index (χ1n) is 11.6. The van der Waals surface area contributed by atoms with Gasteiger partial charge in [-0.3, -0.25) is 19.4 Å². The lowest BCUT2D eigenvalue weighted by atomic mass is 10.1. The SMILES string of the molecule is Cc1cccn2c(=O)c3cc(C(=O)NC[C@@H]4CCCO4)c(=N)n(CCc4ccccc4)c3nc12. The number of rotatable bonds is 6. The third-order valence-corrected chi connectivity index (χ3v) is 6.36. The lowest BCUT2D eigenvalue weighted by Crippen LogP contribution is -2.38.